The second-order valence-corrected chi connectivity index (χ2v) is 22.2. The Morgan fingerprint density at radius 1 is 1.00 bits per heavy atom. The molecule has 0 fully saturated rings. The molecule has 0 saturated carbocycles. The Bertz CT molecular complexity index is 484. The predicted molar refractivity (Wildman–Crippen MR) is 83.9 cm³/mol. The molecule has 0 amide bonds. The van der Waals surface area contributed by atoms with Gasteiger partial charge in [-0.25, -0.2) is 0 Å². The molecule has 2 rings (SSSR count). The molecule has 0 nitrogen and oxygen atoms in total. The zero-order valence-corrected chi connectivity index (χ0v) is 15.2. The van der Waals surface area contributed by atoms with Crippen molar-refractivity contribution in [2.45, 2.75) is 51.3 Å². The second kappa shape index (κ2) is 5.40. The van der Waals surface area contributed by atoms with Gasteiger partial charge >= 0.3 is 118 Å². The fourth-order valence-corrected chi connectivity index (χ4v) is 9.32. The van der Waals surface area contributed by atoms with Crippen LogP contribution >= 0.6 is 0 Å². The van der Waals surface area contributed by atoms with Crippen molar-refractivity contribution in [3.63, 3.8) is 0 Å². The van der Waals surface area contributed by atoms with E-state index in [4.69, 9.17) is 0 Å². The molecule has 0 N–H and O–H groups in total. The molecule has 0 aliphatic heterocycles. The topological polar surface area (TPSA) is 0 Å². The fourth-order valence-electron chi connectivity index (χ4n) is 2.95. The Morgan fingerprint density at radius 3 is 2.11 bits per heavy atom. The van der Waals surface area contributed by atoms with E-state index in [1.54, 1.807) is 0 Å². The maximum absolute atomic E-state index is 9.21. The van der Waals surface area contributed by atoms with Crippen LogP contribution in [-0.2, 0) is 0 Å². The molecule has 1 aromatic carbocycles. The van der Waals surface area contributed by atoms with E-state index in [0.717, 1.165) is 12.8 Å². The van der Waals surface area contributed by atoms with E-state index in [-0.39, 0.29) is 5.89 Å². The maximum atomic E-state index is 9.21. The van der Waals surface area contributed by atoms with Crippen LogP contribution in [0.5, 0.6) is 0 Å². The van der Waals surface area contributed by atoms with Crippen molar-refractivity contribution in [2.75, 3.05) is 0 Å². The van der Waals surface area contributed by atoms with Gasteiger partial charge in [-0.1, -0.05) is 0 Å². The quantitative estimate of drug-likeness (QED) is 0.481. The van der Waals surface area contributed by atoms with E-state index >= 15 is 0 Å². The van der Waals surface area contributed by atoms with Crippen LogP contribution in [-0.4, -0.2) is 18.4 Å². The van der Waals surface area contributed by atoms with Crippen LogP contribution in [0.4, 0.5) is 0 Å². The third-order valence-corrected chi connectivity index (χ3v) is 11.8. The van der Waals surface area contributed by atoms with Crippen LogP contribution in [0.3, 0.4) is 0 Å². The summed E-state index contributed by atoms with van der Waals surface area (Å²) in [4.78, 5) is 7.46. The summed E-state index contributed by atoms with van der Waals surface area (Å²) in [6.45, 7) is 4.49. The van der Waals surface area contributed by atoms with Crippen molar-refractivity contribution in [2.24, 2.45) is 0 Å². The van der Waals surface area contributed by atoms with Gasteiger partial charge in [0.25, 0.3) is 0 Å². The van der Waals surface area contributed by atoms with Gasteiger partial charge in [-0.05, 0) is 0 Å². The summed E-state index contributed by atoms with van der Waals surface area (Å²) in [5, 5.41) is 0. The Morgan fingerprint density at radius 2 is 1.56 bits per heavy atom. The van der Waals surface area contributed by atoms with Gasteiger partial charge < -0.3 is 0 Å². The first-order valence-corrected chi connectivity index (χ1v) is 17.2. The summed E-state index contributed by atoms with van der Waals surface area (Å²) in [5.41, 5.74) is 4.19. The molecular weight excluding hydrogens is 323 g/mol. The van der Waals surface area contributed by atoms with Gasteiger partial charge in [-0.15, -0.1) is 0 Å². The van der Waals surface area contributed by atoms with Crippen molar-refractivity contribution < 1.29 is 1.37 Å². The van der Waals surface area contributed by atoms with Crippen LogP contribution in [0.15, 0.2) is 41.5 Å². The molecule has 1 aromatic rings. The molecule has 0 heterocycles. The Kier molecular flexibility index (Phi) is 3.83. The van der Waals surface area contributed by atoms with Crippen molar-refractivity contribution in [3.8, 4) is 0 Å². The van der Waals surface area contributed by atoms with Crippen LogP contribution in [0, 0.1) is 0 Å². The molecule has 98 valence electrons. The van der Waals surface area contributed by atoms with Crippen LogP contribution in [0.1, 0.15) is 39.5 Å². The monoisotopic (exact) mass is 351 g/mol. The minimum absolute atomic E-state index is 0.390. The Hall–Kier alpha value is -0.241. The third-order valence-electron chi connectivity index (χ3n) is 4.31. The predicted octanol–water partition coefficient (Wildman–Crippen LogP) is 5.61. The van der Waals surface area contributed by atoms with Crippen molar-refractivity contribution in [3.05, 3.63) is 47.0 Å². The van der Waals surface area contributed by atoms with Gasteiger partial charge in [0.05, 0.1) is 0 Å². The first-order valence-electron chi connectivity index (χ1n) is 7.46. The molecule has 0 radical (unpaired) electrons. The average Bonchev–Trinajstić information content (AvgIpc) is 2.33. The summed E-state index contributed by atoms with van der Waals surface area (Å²) < 4.78 is 9.79. The van der Waals surface area contributed by atoms with E-state index in [9.17, 15) is 1.37 Å². The molecule has 0 spiro atoms. The summed E-state index contributed by atoms with van der Waals surface area (Å²) in [6, 6.07) is 10.5. The minimum atomic E-state index is -2.15. The van der Waals surface area contributed by atoms with E-state index in [2.05, 4.69) is 59.0 Å². The summed E-state index contributed by atoms with van der Waals surface area (Å²) in [5.74, 6) is -0.390. The van der Waals surface area contributed by atoms with Crippen LogP contribution < -0.4 is 0 Å². The van der Waals surface area contributed by atoms with Gasteiger partial charge in [0.2, 0.25) is 0 Å². The zero-order valence-electron chi connectivity index (χ0n) is 13.4. The molecular formula is C17H26Sn. The van der Waals surface area contributed by atoms with Crippen LogP contribution in [0.2, 0.25) is 18.8 Å². The summed E-state index contributed by atoms with van der Waals surface area (Å²) in [7, 11) is 0. The summed E-state index contributed by atoms with van der Waals surface area (Å²) in [6.07, 6.45) is 2.06. The molecule has 18 heavy (non-hydrogen) atoms. The van der Waals surface area contributed by atoms with Crippen molar-refractivity contribution in [1.29, 1.82) is 0 Å². The zero-order chi connectivity index (χ0) is 14.3. The molecule has 2 atom stereocenters. The normalized spacial score (nSPS) is 30.3. The average molecular weight is 350 g/mol. The van der Waals surface area contributed by atoms with Gasteiger partial charge in [0, 0.05) is 0 Å². The number of rotatable bonds is 2. The molecule has 0 bridgehead atoms. The van der Waals surface area contributed by atoms with Gasteiger partial charge in [-0.3, -0.25) is 0 Å². The van der Waals surface area contributed by atoms with Gasteiger partial charge in [0.15, 0.2) is 0 Å². The van der Waals surface area contributed by atoms with Gasteiger partial charge in [0.1, 0.15) is 0 Å². The van der Waals surface area contributed by atoms with Gasteiger partial charge in [-0.2, -0.15) is 0 Å². The van der Waals surface area contributed by atoms with Crippen molar-refractivity contribution in [1.82, 2.24) is 0 Å². The molecule has 1 aliphatic rings. The molecule has 1 aliphatic carbocycles. The first-order chi connectivity index (χ1) is 8.75. The van der Waals surface area contributed by atoms with Crippen LogP contribution in [0.25, 0.3) is 0 Å². The van der Waals surface area contributed by atoms with E-state index in [1.165, 1.54) is 16.7 Å². The van der Waals surface area contributed by atoms with E-state index in [1.807, 2.05) is 0 Å². The fraction of sp³-hybridized carbons (Fsp3) is 0.529. The molecule has 1 heteroatoms. The van der Waals surface area contributed by atoms with E-state index in [0.29, 0.717) is 3.93 Å². The molecule has 0 saturated heterocycles. The second-order valence-electron chi connectivity index (χ2n) is 6.75. The molecule has 0 aromatic heterocycles. The Balaban J connectivity index is 2.52. The molecule has 0 unspecified atom stereocenters. The first kappa shape index (κ1) is 12.8. The van der Waals surface area contributed by atoms with E-state index < -0.39 is 18.4 Å². The number of hydrogen-bond donors (Lipinski definition) is 0. The summed E-state index contributed by atoms with van der Waals surface area (Å²) >= 11 is -2.15. The number of benzene rings is 1. The third kappa shape index (κ3) is 3.01. The Labute approximate surface area is 118 Å². The standard InChI is InChI=1S/C14H17.3CH3.Sn/c1-11-8-9-14(10-12(11)2)13-6-4-3-5-7-13;;;;/h3-7,9,14H,8,10H2,1-2H3;3*1H3;/t14-;;;;/m1..../s1/i14D;;;;. The number of allylic oxidation sites excluding steroid dienone is 2. The SMILES string of the molecule is [2H][C@]1(c2ccccc2)CC(C)=C(C)C[C@H]1[Sn]([CH3])([CH3])[CH3]. The number of hydrogen-bond acceptors (Lipinski definition) is 0. The van der Waals surface area contributed by atoms with Crippen molar-refractivity contribution >= 4 is 18.4 Å².